The first kappa shape index (κ1) is 23.5. The van der Waals surface area contributed by atoms with Crippen LogP contribution in [-0.2, 0) is 14.3 Å². The fraction of sp³-hybridized carbons (Fsp3) is 0.474. The normalized spacial score (nSPS) is 12.8. The van der Waals surface area contributed by atoms with E-state index in [9.17, 15) is 19.2 Å². The van der Waals surface area contributed by atoms with Crippen LogP contribution in [0.25, 0.3) is 0 Å². The SMILES string of the molecule is CSCC[C@@H](NC(=O)c1cccc(C)c1)C(=O)O[C@@H](C(=O)NC(N)=O)C(C)C. The molecular formula is C19H27N3O5S. The number of hydrogen-bond donors (Lipinski definition) is 3. The molecule has 154 valence electrons. The van der Waals surface area contributed by atoms with Gasteiger partial charge in [-0.15, -0.1) is 0 Å². The van der Waals surface area contributed by atoms with E-state index in [4.69, 9.17) is 10.5 Å². The Balaban J connectivity index is 2.91. The first-order valence-corrected chi connectivity index (χ1v) is 10.2. The summed E-state index contributed by atoms with van der Waals surface area (Å²) >= 11 is 1.51. The molecule has 1 aromatic rings. The summed E-state index contributed by atoms with van der Waals surface area (Å²) in [5, 5.41) is 4.58. The molecule has 1 rings (SSSR count). The van der Waals surface area contributed by atoms with E-state index in [1.54, 1.807) is 32.0 Å². The van der Waals surface area contributed by atoms with Crippen LogP contribution in [0.1, 0.15) is 36.2 Å². The molecule has 4 N–H and O–H groups in total. The summed E-state index contributed by atoms with van der Waals surface area (Å²) in [4.78, 5) is 48.1. The molecule has 2 atom stereocenters. The maximum Gasteiger partial charge on any atom is 0.329 e. The number of rotatable bonds is 9. The molecule has 0 aliphatic heterocycles. The Kier molecular flexibility index (Phi) is 9.50. The van der Waals surface area contributed by atoms with Crippen molar-refractivity contribution in [3.63, 3.8) is 0 Å². The van der Waals surface area contributed by atoms with Crippen molar-refractivity contribution in [1.29, 1.82) is 0 Å². The van der Waals surface area contributed by atoms with Crippen molar-refractivity contribution in [3.8, 4) is 0 Å². The molecule has 28 heavy (non-hydrogen) atoms. The van der Waals surface area contributed by atoms with Crippen LogP contribution >= 0.6 is 11.8 Å². The minimum atomic E-state index is -1.20. The lowest BCUT2D eigenvalue weighted by atomic mass is 10.1. The Morgan fingerprint density at radius 3 is 2.43 bits per heavy atom. The molecule has 8 nitrogen and oxygen atoms in total. The molecule has 0 bridgehead atoms. The van der Waals surface area contributed by atoms with Gasteiger partial charge >= 0.3 is 12.0 Å². The van der Waals surface area contributed by atoms with E-state index in [0.29, 0.717) is 17.7 Å². The van der Waals surface area contributed by atoms with Gasteiger partial charge in [-0.3, -0.25) is 14.9 Å². The van der Waals surface area contributed by atoms with Crippen molar-refractivity contribution < 1.29 is 23.9 Å². The van der Waals surface area contributed by atoms with Gasteiger partial charge in [0.15, 0.2) is 6.10 Å². The molecule has 0 aliphatic rings. The average molecular weight is 410 g/mol. The minimum Gasteiger partial charge on any atom is -0.450 e. The number of aryl methyl sites for hydroxylation is 1. The number of primary amides is 1. The molecule has 1 aromatic carbocycles. The second-order valence-electron chi connectivity index (χ2n) is 6.63. The quantitative estimate of drug-likeness (QED) is 0.532. The number of carbonyl (C=O) groups excluding carboxylic acids is 4. The number of nitrogens with one attached hydrogen (secondary N) is 2. The third kappa shape index (κ3) is 7.59. The van der Waals surface area contributed by atoms with Crippen molar-refractivity contribution in [2.45, 2.75) is 39.3 Å². The number of amides is 4. The lowest BCUT2D eigenvalue weighted by Gasteiger charge is -2.24. The second kappa shape index (κ2) is 11.3. The highest BCUT2D eigenvalue weighted by Gasteiger charge is 2.31. The van der Waals surface area contributed by atoms with E-state index in [1.807, 2.05) is 24.6 Å². The predicted octanol–water partition coefficient (Wildman–Crippen LogP) is 1.61. The Bertz CT molecular complexity index is 723. The van der Waals surface area contributed by atoms with Crippen LogP contribution in [0.2, 0.25) is 0 Å². The summed E-state index contributed by atoms with van der Waals surface area (Å²) < 4.78 is 5.31. The monoisotopic (exact) mass is 409 g/mol. The molecule has 0 aliphatic carbocycles. The third-order valence-electron chi connectivity index (χ3n) is 3.83. The molecule has 9 heteroatoms. The van der Waals surface area contributed by atoms with Gasteiger partial charge in [-0.1, -0.05) is 31.5 Å². The number of ether oxygens (including phenoxy) is 1. The molecule has 0 aromatic heterocycles. The van der Waals surface area contributed by atoms with E-state index < -0.39 is 41.9 Å². The number of esters is 1. The summed E-state index contributed by atoms with van der Waals surface area (Å²) in [5.41, 5.74) is 6.30. The summed E-state index contributed by atoms with van der Waals surface area (Å²) in [6.07, 6.45) is 1.01. The van der Waals surface area contributed by atoms with Crippen molar-refractivity contribution in [1.82, 2.24) is 10.6 Å². The molecule has 0 heterocycles. The Labute approximate surface area is 168 Å². The zero-order chi connectivity index (χ0) is 21.3. The largest absolute Gasteiger partial charge is 0.450 e. The number of imide groups is 1. The number of nitrogens with two attached hydrogens (primary N) is 1. The predicted molar refractivity (Wildman–Crippen MR) is 108 cm³/mol. The number of benzene rings is 1. The van der Waals surface area contributed by atoms with Crippen molar-refractivity contribution in [2.24, 2.45) is 11.7 Å². The number of urea groups is 1. The Hall–Kier alpha value is -2.55. The van der Waals surface area contributed by atoms with Crippen LogP contribution in [0.4, 0.5) is 4.79 Å². The first-order chi connectivity index (χ1) is 13.1. The Morgan fingerprint density at radius 2 is 1.89 bits per heavy atom. The third-order valence-corrected chi connectivity index (χ3v) is 4.48. The number of hydrogen-bond acceptors (Lipinski definition) is 6. The summed E-state index contributed by atoms with van der Waals surface area (Å²) in [7, 11) is 0. The van der Waals surface area contributed by atoms with Gasteiger partial charge in [0.1, 0.15) is 6.04 Å². The van der Waals surface area contributed by atoms with E-state index in [2.05, 4.69) is 5.32 Å². The fourth-order valence-electron chi connectivity index (χ4n) is 2.40. The molecular weight excluding hydrogens is 382 g/mol. The molecule has 0 radical (unpaired) electrons. The van der Waals surface area contributed by atoms with E-state index in [-0.39, 0.29) is 0 Å². The van der Waals surface area contributed by atoms with Gasteiger partial charge in [-0.2, -0.15) is 11.8 Å². The van der Waals surface area contributed by atoms with Gasteiger partial charge in [0.2, 0.25) is 0 Å². The van der Waals surface area contributed by atoms with E-state index in [0.717, 1.165) is 5.56 Å². The second-order valence-corrected chi connectivity index (χ2v) is 7.62. The zero-order valence-electron chi connectivity index (χ0n) is 16.5. The van der Waals surface area contributed by atoms with E-state index in [1.165, 1.54) is 11.8 Å². The maximum absolute atomic E-state index is 12.6. The molecule has 0 fully saturated rings. The van der Waals surface area contributed by atoms with Crippen molar-refractivity contribution in [3.05, 3.63) is 35.4 Å². The highest BCUT2D eigenvalue weighted by Crippen LogP contribution is 2.12. The smallest absolute Gasteiger partial charge is 0.329 e. The standard InChI is InChI=1S/C19H27N3O5S/c1-11(2)15(17(24)22-19(20)26)27-18(25)14(8-9-28-4)21-16(23)13-7-5-6-12(3)10-13/h5-7,10-11,14-15H,8-9H2,1-4H3,(H,21,23)(H3,20,22,24,26)/t14-,15-/m1/s1. The molecule has 4 amide bonds. The summed E-state index contributed by atoms with van der Waals surface area (Å²) in [6, 6.07) is 5.02. The minimum absolute atomic E-state index is 0.333. The maximum atomic E-state index is 12.6. The zero-order valence-corrected chi connectivity index (χ0v) is 17.3. The van der Waals surface area contributed by atoms with Gasteiger partial charge in [-0.25, -0.2) is 9.59 Å². The van der Waals surface area contributed by atoms with Crippen LogP contribution in [0.3, 0.4) is 0 Å². The van der Waals surface area contributed by atoms with Gasteiger partial charge in [0, 0.05) is 5.56 Å². The molecule has 0 saturated heterocycles. The van der Waals surface area contributed by atoms with Crippen molar-refractivity contribution >= 4 is 35.6 Å². The fourth-order valence-corrected chi connectivity index (χ4v) is 2.88. The van der Waals surface area contributed by atoms with Gasteiger partial charge < -0.3 is 15.8 Å². The highest BCUT2D eigenvalue weighted by molar-refractivity contribution is 7.98. The summed E-state index contributed by atoms with van der Waals surface area (Å²) in [6.45, 7) is 5.20. The van der Waals surface area contributed by atoms with Gasteiger partial charge in [-0.05, 0) is 43.4 Å². The number of thioether (sulfide) groups is 1. The van der Waals surface area contributed by atoms with Crippen LogP contribution in [-0.4, -0.2) is 48.0 Å². The number of carbonyl (C=O) groups is 4. The van der Waals surface area contributed by atoms with Gasteiger partial charge in [0.25, 0.3) is 11.8 Å². The van der Waals surface area contributed by atoms with E-state index >= 15 is 0 Å². The van der Waals surface area contributed by atoms with Crippen LogP contribution in [0, 0.1) is 12.8 Å². The Morgan fingerprint density at radius 1 is 1.21 bits per heavy atom. The lowest BCUT2D eigenvalue weighted by Crippen LogP contribution is -2.49. The lowest BCUT2D eigenvalue weighted by molar-refractivity contribution is -0.160. The average Bonchev–Trinajstić information content (AvgIpc) is 2.61. The van der Waals surface area contributed by atoms with Crippen LogP contribution in [0.5, 0.6) is 0 Å². The van der Waals surface area contributed by atoms with Crippen LogP contribution < -0.4 is 16.4 Å². The summed E-state index contributed by atoms with van der Waals surface area (Å²) in [5.74, 6) is -1.74. The van der Waals surface area contributed by atoms with Crippen LogP contribution in [0.15, 0.2) is 24.3 Å². The molecule has 0 saturated carbocycles. The van der Waals surface area contributed by atoms with Crippen molar-refractivity contribution in [2.75, 3.05) is 12.0 Å². The highest BCUT2D eigenvalue weighted by atomic mass is 32.2. The topological polar surface area (TPSA) is 128 Å². The first-order valence-electron chi connectivity index (χ1n) is 8.83. The molecule has 0 spiro atoms. The van der Waals surface area contributed by atoms with Gasteiger partial charge in [0.05, 0.1) is 0 Å². The molecule has 0 unspecified atom stereocenters.